The minimum atomic E-state index is -0.421. The van der Waals surface area contributed by atoms with E-state index < -0.39 is 5.60 Å². The summed E-state index contributed by atoms with van der Waals surface area (Å²) in [5, 5.41) is 9.05. The van der Waals surface area contributed by atoms with Crippen molar-refractivity contribution in [2.75, 3.05) is 31.7 Å². The minimum Gasteiger partial charge on any atom is -0.481 e. The first kappa shape index (κ1) is 21.7. The molecular weight excluding hydrogens is 418 g/mol. The molecule has 5 rings (SSSR count). The fraction of sp³-hybridized carbons (Fsp3) is 0.520. The highest BCUT2D eigenvalue weighted by atomic mass is 16.5. The highest BCUT2D eigenvalue weighted by Crippen LogP contribution is 2.45. The summed E-state index contributed by atoms with van der Waals surface area (Å²) in [5.41, 5.74) is 1.14. The van der Waals surface area contributed by atoms with Crippen LogP contribution in [0.15, 0.2) is 36.7 Å². The summed E-state index contributed by atoms with van der Waals surface area (Å²) < 4.78 is 11.4. The van der Waals surface area contributed by atoms with Gasteiger partial charge in [0.05, 0.1) is 24.3 Å². The van der Waals surface area contributed by atoms with Gasteiger partial charge in [-0.25, -0.2) is 9.97 Å². The normalized spacial score (nSPS) is 25.3. The van der Waals surface area contributed by atoms with Crippen molar-refractivity contribution >= 4 is 11.7 Å². The molecule has 1 aliphatic carbocycles. The van der Waals surface area contributed by atoms with Crippen LogP contribution in [-0.4, -0.2) is 59.7 Å². The van der Waals surface area contributed by atoms with Gasteiger partial charge in [-0.1, -0.05) is 6.92 Å². The summed E-state index contributed by atoms with van der Waals surface area (Å²) in [6.07, 6.45) is 7.32. The van der Waals surface area contributed by atoms with Gasteiger partial charge in [0.15, 0.2) is 0 Å². The number of piperazine rings is 1. The molecule has 0 spiro atoms. The third-order valence-corrected chi connectivity index (χ3v) is 7.49. The van der Waals surface area contributed by atoms with Crippen molar-refractivity contribution in [1.82, 2.24) is 14.9 Å². The van der Waals surface area contributed by atoms with E-state index in [1.165, 1.54) is 0 Å². The van der Waals surface area contributed by atoms with E-state index in [0.29, 0.717) is 30.5 Å². The molecule has 8 nitrogen and oxygen atoms in total. The molecule has 33 heavy (non-hydrogen) atoms. The number of amides is 1. The first-order chi connectivity index (χ1) is 16.0. The number of ether oxygens (including phenoxy) is 2. The lowest BCUT2D eigenvalue weighted by Crippen LogP contribution is -2.57. The molecule has 8 heteroatoms. The molecule has 0 aromatic carbocycles. The number of fused-ring (bicyclic) bond motifs is 2. The van der Waals surface area contributed by atoms with E-state index >= 15 is 0 Å². The summed E-state index contributed by atoms with van der Waals surface area (Å²) in [6.45, 7) is 3.65. The topological polar surface area (TPSA) is 91.6 Å². The van der Waals surface area contributed by atoms with Crippen LogP contribution in [0.25, 0.3) is 0 Å². The van der Waals surface area contributed by atoms with Crippen molar-refractivity contribution in [1.29, 1.82) is 5.26 Å². The number of hydrogen-bond donors (Lipinski definition) is 0. The van der Waals surface area contributed by atoms with Gasteiger partial charge >= 0.3 is 0 Å². The quantitative estimate of drug-likeness (QED) is 0.672. The molecule has 2 aromatic rings. The molecule has 2 aliphatic heterocycles. The van der Waals surface area contributed by atoms with Crippen molar-refractivity contribution in [2.45, 2.75) is 50.3 Å². The number of carbonyl (C=O) groups excluding carboxylic acids is 1. The molecule has 4 heterocycles. The highest BCUT2D eigenvalue weighted by molar-refractivity contribution is 5.78. The number of rotatable bonds is 6. The second-order valence-electron chi connectivity index (χ2n) is 9.38. The molecule has 1 amide bonds. The lowest BCUT2D eigenvalue weighted by atomic mass is 9.75. The second-order valence-corrected chi connectivity index (χ2v) is 9.38. The molecule has 3 fully saturated rings. The molecule has 2 unspecified atom stereocenters. The Morgan fingerprint density at radius 1 is 1.21 bits per heavy atom. The first-order valence-electron chi connectivity index (χ1n) is 11.6. The van der Waals surface area contributed by atoms with Gasteiger partial charge in [-0.3, -0.25) is 4.79 Å². The fourth-order valence-electron chi connectivity index (χ4n) is 5.47. The summed E-state index contributed by atoms with van der Waals surface area (Å²) in [7, 11) is 1.60. The predicted molar refractivity (Wildman–Crippen MR) is 122 cm³/mol. The van der Waals surface area contributed by atoms with E-state index in [-0.39, 0.29) is 24.6 Å². The molecule has 0 N–H and O–H groups in total. The number of nitrogens with zero attached hydrogens (tertiary/aromatic N) is 5. The third kappa shape index (κ3) is 3.91. The Balaban J connectivity index is 1.24. The van der Waals surface area contributed by atoms with E-state index in [1.54, 1.807) is 19.5 Å². The van der Waals surface area contributed by atoms with E-state index in [1.807, 2.05) is 29.2 Å². The van der Waals surface area contributed by atoms with Gasteiger partial charge in [0.1, 0.15) is 18.5 Å². The summed E-state index contributed by atoms with van der Waals surface area (Å²) in [6, 6.07) is 10.1. The summed E-state index contributed by atoms with van der Waals surface area (Å²) in [5.74, 6) is 1.97. The van der Waals surface area contributed by atoms with Gasteiger partial charge in [0, 0.05) is 43.2 Å². The van der Waals surface area contributed by atoms with Crippen molar-refractivity contribution in [3.8, 4) is 11.9 Å². The van der Waals surface area contributed by atoms with Crippen LogP contribution in [0.2, 0.25) is 0 Å². The van der Waals surface area contributed by atoms with E-state index in [4.69, 9.17) is 14.7 Å². The van der Waals surface area contributed by atoms with Gasteiger partial charge in [-0.05, 0) is 49.8 Å². The zero-order valence-corrected chi connectivity index (χ0v) is 19.1. The zero-order valence-electron chi connectivity index (χ0n) is 19.1. The van der Waals surface area contributed by atoms with Crippen molar-refractivity contribution in [2.24, 2.45) is 5.92 Å². The van der Waals surface area contributed by atoms with Crippen LogP contribution in [0.3, 0.4) is 0 Å². The Bertz CT molecular complexity index is 1050. The van der Waals surface area contributed by atoms with Crippen LogP contribution in [0.1, 0.15) is 43.7 Å². The number of aromatic nitrogens is 2. The Labute approximate surface area is 194 Å². The first-order valence-corrected chi connectivity index (χ1v) is 11.6. The largest absolute Gasteiger partial charge is 0.481 e. The van der Waals surface area contributed by atoms with Crippen molar-refractivity contribution in [3.63, 3.8) is 0 Å². The van der Waals surface area contributed by atoms with Gasteiger partial charge in [-0.2, -0.15) is 5.26 Å². The number of pyridine rings is 2. The van der Waals surface area contributed by atoms with Gasteiger partial charge < -0.3 is 19.3 Å². The molecule has 2 bridgehead atoms. The number of likely N-dealkylation sites (tertiary alicyclic amines) is 1. The van der Waals surface area contributed by atoms with E-state index in [9.17, 15) is 4.79 Å². The average molecular weight is 448 g/mol. The predicted octanol–water partition coefficient (Wildman–Crippen LogP) is 2.88. The Morgan fingerprint density at radius 2 is 2.06 bits per heavy atom. The number of methoxy groups -OCH3 is 1. The van der Waals surface area contributed by atoms with Crippen LogP contribution in [0, 0.1) is 17.2 Å². The Hall–Kier alpha value is -3.18. The van der Waals surface area contributed by atoms with Gasteiger partial charge in [0.25, 0.3) is 0 Å². The molecule has 1 saturated carbocycles. The monoisotopic (exact) mass is 447 g/mol. The summed E-state index contributed by atoms with van der Waals surface area (Å²) in [4.78, 5) is 26.3. The van der Waals surface area contributed by atoms with E-state index in [0.717, 1.165) is 37.1 Å². The molecule has 3 atom stereocenters. The van der Waals surface area contributed by atoms with Crippen molar-refractivity contribution < 1.29 is 14.3 Å². The lowest BCUT2D eigenvalue weighted by Gasteiger charge is -2.44. The van der Waals surface area contributed by atoms with Crippen LogP contribution >= 0.6 is 0 Å². The number of anilines is 1. The maximum Gasteiger partial charge on any atom is 0.248 e. The highest BCUT2D eigenvalue weighted by Gasteiger charge is 2.47. The van der Waals surface area contributed by atoms with Crippen LogP contribution in [0.5, 0.6) is 5.88 Å². The molecule has 2 aromatic heterocycles. The molecule has 172 valence electrons. The van der Waals surface area contributed by atoms with Gasteiger partial charge in [-0.15, -0.1) is 0 Å². The van der Waals surface area contributed by atoms with Crippen LogP contribution in [-0.2, 0) is 15.1 Å². The molecule has 2 saturated heterocycles. The standard InChI is InChI=1S/C25H29N5O3/c1-17-10-20-14-29(15-21(17)30(20)22-6-4-18(11-26)12-27-22)24(31)16-33-25(8-3-9-25)19-5-7-23(32-2)28-13-19/h4-7,12-13,17,20-21H,3,8-10,14-16H2,1-2H3/t17-,20?,21?/m0/s1. The maximum atomic E-state index is 13.2. The molecular formula is C25H29N5O3. The second kappa shape index (κ2) is 8.64. The minimum absolute atomic E-state index is 0.0410. The Kier molecular flexibility index (Phi) is 5.67. The number of nitriles is 1. The number of hydrogen-bond acceptors (Lipinski definition) is 7. The SMILES string of the molecule is COc1ccc(C2(OCC(=O)N3CC4C[C@H](C)C(C3)N4c3ccc(C#N)cn3)CCC2)cn1. The zero-order chi connectivity index (χ0) is 23.0. The average Bonchev–Trinajstić information content (AvgIpc) is 3.02. The number of carbonyl (C=O) groups is 1. The van der Waals surface area contributed by atoms with Crippen molar-refractivity contribution in [3.05, 3.63) is 47.8 Å². The van der Waals surface area contributed by atoms with Crippen LogP contribution in [0.4, 0.5) is 5.82 Å². The maximum absolute atomic E-state index is 13.2. The summed E-state index contributed by atoms with van der Waals surface area (Å²) >= 11 is 0. The lowest BCUT2D eigenvalue weighted by molar-refractivity contribution is -0.154. The third-order valence-electron chi connectivity index (χ3n) is 7.49. The molecule has 3 aliphatic rings. The molecule has 0 radical (unpaired) electrons. The fourth-order valence-corrected chi connectivity index (χ4v) is 5.47. The Morgan fingerprint density at radius 3 is 2.64 bits per heavy atom. The van der Waals surface area contributed by atoms with E-state index in [2.05, 4.69) is 27.9 Å². The van der Waals surface area contributed by atoms with Crippen LogP contribution < -0.4 is 9.64 Å². The smallest absolute Gasteiger partial charge is 0.248 e. The van der Waals surface area contributed by atoms with Gasteiger partial charge in [0.2, 0.25) is 11.8 Å².